The van der Waals surface area contributed by atoms with Crippen molar-refractivity contribution in [2.24, 2.45) is 0 Å². The highest BCUT2D eigenvalue weighted by atomic mass is 79.9. The maximum atomic E-state index is 11.7. The topological polar surface area (TPSA) is 66.4 Å². The van der Waals surface area contributed by atoms with Crippen molar-refractivity contribution in [1.82, 2.24) is 5.32 Å². The van der Waals surface area contributed by atoms with Gasteiger partial charge in [0.05, 0.1) is 10.8 Å². The fraction of sp³-hybridized carbons (Fsp3) is 0.385. The van der Waals surface area contributed by atoms with Gasteiger partial charge in [-0.2, -0.15) is 0 Å². The van der Waals surface area contributed by atoms with Gasteiger partial charge in [-0.3, -0.25) is 4.79 Å². The molecule has 0 radical (unpaired) electrons. The summed E-state index contributed by atoms with van der Waals surface area (Å²) in [6.45, 7) is 4.45. The molecule has 0 bridgehead atoms. The number of thioether (sulfide) groups is 1. The zero-order valence-corrected chi connectivity index (χ0v) is 13.2. The Morgan fingerprint density at radius 1 is 1.47 bits per heavy atom. The van der Waals surface area contributed by atoms with E-state index in [-0.39, 0.29) is 16.7 Å². The van der Waals surface area contributed by atoms with Crippen LogP contribution in [0.3, 0.4) is 0 Å². The lowest BCUT2D eigenvalue weighted by molar-refractivity contribution is -0.120. The van der Waals surface area contributed by atoms with E-state index in [1.165, 1.54) is 11.8 Å². The van der Waals surface area contributed by atoms with Crippen molar-refractivity contribution >= 4 is 39.6 Å². The van der Waals surface area contributed by atoms with Crippen LogP contribution in [-0.4, -0.2) is 28.8 Å². The van der Waals surface area contributed by atoms with Crippen molar-refractivity contribution < 1.29 is 14.7 Å². The van der Waals surface area contributed by atoms with E-state index in [9.17, 15) is 9.59 Å². The van der Waals surface area contributed by atoms with Gasteiger partial charge in [-0.25, -0.2) is 4.79 Å². The minimum atomic E-state index is -0.989. The first-order valence-corrected chi connectivity index (χ1v) is 7.60. The molecule has 1 rings (SSSR count). The molecule has 0 aliphatic rings. The Balaban J connectivity index is 2.74. The third-order valence-corrected chi connectivity index (χ3v) is 4.18. The van der Waals surface area contributed by atoms with E-state index in [2.05, 4.69) is 21.2 Å². The minimum absolute atomic E-state index is 0.0355. The van der Waals surface area contributed by atoms with Crippen molar-refractivity contribution in [3.8, 4) is 0 Å². The molecule has 0 spiro atoms. The van der Waals surface area contributed by atoms with Crippen LogP contribution in [0.25, 0.3) is 0 Å². The summed E-state index contributed by atoms with van der Waals surface area (Å²) < 4.78 is 0.535. The molecule has 0 heterocycles. The number of amides is 1. The number of benzene rings is 1. The van der Waals surface area contributed by atoms with E-state index in [1.54, 1.807) is 25.1 Å². The Morgan fingerprint density at radius 2 is 2.16 bits per heavy atom. The molecule has 0 aliphatic carbocycles. The van der Waals surface area contributed by atoms with Gasteiger partial charge in [-0.15, -0.1) is 11.8 Å². The molecule has 1 aromatic rings. The third kappa shape index (κ3) is 4.87. The highest BCUT2D eigenvalue weighted by molar-refractivity contribution is 9.10. The number of carbonyl (C=O) groups is 2. The van der Waals surface area contributed by atoms with Gasteiger partial charge in [0.2, 0.25) is 5.91 Å². The summed E-state index contributed by atoms with van der Waals surface area (Å²) in [6.07, 6.45) is 0.893. The van der Waals surface area contributed by atoms with Gasteiger partial charge in [0.15, 0.2) is 0 Å². The van der Waals surface area contributed by atoms with Crippen LogP contribution in [0.5, 0.6) is 0 Å². The molecule has 104 valence electrons. The second-order valence-corrected chi connectivity index (χ2v) is 6.27. The predicted octanol–water partition coefficient (Wildman–Crippen LogP) is 3.15. The minimum Gasteiger partial charge on any atom is -0.478 e. The molecule has 0 fully saturated rings. The average molecular weight is 346 g/mol. The zero-order chi connectivity index (χ0) is 14.4. The molecule has 0 saturated carbocycles. The summed E-state index contributed by atoms with van der Waals surface area (Å²) in [5.41, 5.74) is 0.200. The molecule has 2 N–H and O–H groups in total. The first kappa shape index (κ1) is 16.0. The van der Waals surface area contributed by atoms with Crippen LogP contribution in [0.15, 0.2) is 27.6 Å². The van der Waals surface area contributed by atoms with E-state index in [0.717, 1.165) is 11.3 Å². The van der Waals surface area contributed by atoms with Crippen molar-refractivity contribution in [3.05, 3.63) is 28.2 Å². The van der Waals surface area contributed by atoms with Crippen molar-refractivity contribution in [3.63, 3.8) is 0 Å². The number of halogens is 1. The number of hydrogen-bond acceptors (Lipinski definition) is 3. The summed E-state index contributed by atoms with van der Waals surface area (Å²) in [5, 5.41) is 11.6. The maximum absolute atomic E-state index is 11.7. The molecule has 4 nitrogen and oxygen atoms in total. The zero-order valence-electron chi connectivity index (χ0n) is 10.8. The number of aromatic carboxylic acids is 1. The molecule has 1 atom stereocenters. The Kier molecular flexibility index (Phi) is 6.37. The van der Waals surface area contributed by atoms with Crippen LogP contribution in [0.4, 0.5) is 0 Å². The molecule has 1 amide bonds. The highest BCUT2D eigenvalue weighted by Crippen LogP contribution is 2.27. The molecule has 6 heteroatoms. The lowest BCUT2D eigenvalue weighted by Crippen LogP contribution is -2.31. The fourth-order valence-corrected chi connectivity index (χ4v) is 2.74. The quantitative estimate of drug-likeness (QED) is 0.777. The maximum Gasteiger partial charge on any atom is 0.336 e. The number of hydrogen-bond donors (Lipinski definition) is 2. The number of carbonyl (C=O) groups excluding carboxylic acids is 1. The van der Waals surface area contributed by atoms with Gasteiger partial charge >= 0.3 is 5.97 Å². The van der Waals surface area contributed by atoms with E-state index >= 15 is 0 Å². The lowest BCUT2D eigenvalue weighted by Gasteiger charge is -2.12. The average Bonchev–Trinajstić information content (AvgIpc) is 2.37. The van der Waals surface area contributed by atoms with Crippen LogP contribution in [0.2, 0.25) is 0 Å². The Labute approximate surface area is 125 Å². The summed E-state index contributed by atoms with van der Waals surface area (Å²) in [5.74, 6) is -1.02. The molecule has 0 aliphatic heterocycles. The van der Waals surface area contributed by atoms with Crippen LogP contribution in [-0.2, 0) is 4.79 Å². The molecular weight excluding hydrogens is 330 g/mol. The van der Waals surface area contributed by atoms with Gasteiger partial charge < -0.3 is 10.4 Å². The Hall–Kier alpha value is -1.01. The number of rotatable bonds is 6. The van der Waals surface area contributed by atoms with Gasteiger partial charge in [0.1, 0.15) is 0 Å². The standard InChI is InChI=1S/C13H16BrNO3S/c1-3-6-15-12(16)8(2)19-9-4-5-11(14)10(7-9)13(17)18/h4-5,7-8H,3,6H2,1-2H3,(H,15,16)(H,17,18). The molecular formula is C13H16BrNO3S. The van der Waals surface area contributed by atoms with E-state index in [1.807, 2.05) is 6.92 Å². The van der Waals surface area contributed by atoms with Crippen molar-refractivity contribution in [1.29, 1.82) is 0 Å². The SMILES string of the molecule is CCCNC(=O)C(C)Sc1ccc(Br)c(C(=O)O)c1. The molecule has 1 aromatic carbocycles. The van der Waals surface area contributed by atoms with Crippen LogP contribution >= 0.6 is 27.7 Å². The number of nitrogens with one attached hydrogen (secondary N) is 1. The summed E-state index contributed by atoms with van der Waals surface area (Å²) >= 11 is 4.54. The Bertz CT molecular complexity index is 479. The fourth-order valence-electron chi connectivity index (χ4n) is 1.39. The van der Waals surface area contributed by atoms with E-state index in [0.29, 0.717) is 11.0 Å². The van der Waals surface area contributed by atoms with Crippen LogP contribution in [0.1, 0.15) is 30.6 Å². The first-order valence-electron chi connectivity index (χ1n) is 5.93. The number of carboxylic acid groups (broad SMARTS) is 1. The molecule has 19 heavy (non-hydrogen) atoms. The van der Waals surface area contributed by atoms with Crippen LogP contribution in [0, 0.1) is 0 Å². The second-order valence-electron chi connectivity index (χ2n) is 4.00. The van der Waals surface area contributed by atoms with Gasteiger partial charge in [-0.05, 0) is 47.5 Å². The summed E-state index contributed by atoms with van der Waals surface area (Å²) in [4.78, 5) is 23.5. The van der Waals surface area contributed by atoms with E-state index in [4.69, 9.17) is 5.11 Å². The third-order valence-electron chi connectivity index (χ3n) is 2.40. The Morgan fingerprint density at radius 3 is 2.74 bits per heavy atom. The monoisotopic (exact) mass is 345 g/mol. The normalized spacial score (nSPS) is 11.9. The van der Waals surface area contributed by atoms with Gasteiger partial charge in [-0.1, -0.05) is 6.92 Å². The smallest absolute Gasteiger partial charge is 0.336 e. The van der Waals surface area contributed by atoms with Gasteiger partial charge in [0.25, 0.3) is 0 Å². The van der Waals surface area contributed by atoms with Crippen molar-refractivity contribution in [2.75, 3.05) is 6.54 Å². The van der Waals surface area contributed by atoms with Gasteiger partial charge in [0, 0.05) is 15.9 Å². The molecule has 0 saturated heterocycles. The second kappa shape index (κ2) is 7.55. The van der Waals surface area contributed by atoms with E-state index < -0.39 is 5.97 Å². The molecule has 0 aromatic heterocycles. The van der Waals surface area contributed by atoms with Crippen molar-refractivity contribution in [2.45, 2.75) is 30.4 Å². The predicted molar refractivity (Wildman–Crippen MR) is 79.7 cm³/mol. The molecule has 1 unspecified atom stereocenters. The lowest BCUT2D eigenvalue weighted by atomic mass is 10.2. The first-order chi connectivity index (χ1) is 8.95. The highest BCUT2D eigenvalue weighted by Gasteiger charge is 2.15. The summed E-state index contributed by atoms with van der Waals surface area (Å²) in [6, 6.07) is 5.05. The largest absolute Gasteiger partial charge is 0.478 e. The summed E-state index contributed by atoms with van der Waals surface area (Å²) in [7, 11) is 0. The number of carboxylic acids is 1. The van der Waals surface area contributed by atoms with Crippen LogP contribution < -0.4 is 5.32 Å².